The SMILES string of the molecule is Cc1cc(C)c2nc(N(Cc3cccnc3)C(=O)c3ccc(Cc4ccccc4)cc3)sc2c1. The Kier molecular flexibility index (Phi) is 6.19. The van der Waals surface area contributed by atoms with Gasteiger partial charge in [0.15, 0.2) is 5.13 Å². The third-order valence-corrected chi connectivity index (χ3v) is 6.84. The standard InChI is InChI=1S/C29H25N3OS/c1-20-15-21(2)27-26(16-20)34-29(31-27)32(19-24-9-6-14-30-18-24)28(33)25-12-10-23(11-13-25)17-22-7-4-3-5-8-22/h3-16,18H,17,19H2,1-2H3. The van der Waals surface area contributed by atoms with Gasteiger partial charge in [-0.3, -0.25) is 14.7 Å². The van der Waals surface area contributed by atoms with Crippen LogP contribution < -0.4 is 4.90 Å². The minimum atomic E-state index is -0.0662. The highest BCUT2D eigenvalue weighted by molar-refractivity contribution is 7.22. The van der Waals surface area contributed by atoms with E-state index >= 15 is 0 Å². The maximum absolute atomic E-state index is 13.7. The predicted octanol–water partition coefficient (Wildman–Crippen LogP) is 6.75. The Bertz CT molecular complexity index is 1430. The molecule has 0 bridgehead atoms. The van der Waals surface area contributed by atoms with Gasteiger partial charge in [0.05, 0.1) is 16.8 Å². The number of rotatable bonds is 6. The first kappa shape index (κ1) is 22.0. The van der Waals surface area contributed by atoms with E-state index in [9.17, 15) is 4.79 Å². The van der Waals surface area contributed by atoms with Crippen molar-refractivity contribution in [3.63, 3.8) is 0 Å². The van der Waals surface area contributed by atoms with Crippen LogP contribution in [0.1, 0.15) is 38.2 Å². The van der Waals surface area contributed by atoms with Crippen molar-refractivity contribution < 1.29 is 4.79 Å². The quantitative estimate of drug-likeness (QED) is 0.280. The summed E-state index contributed by atoms with van der Waals surface area (Å²) in [5.41, 5.74) is 7.30. The van der Waals surface area contributed by atoms with E-state index < -0.39 is 0 Å². The Morgan fingerprint density at radius 3 is 2.35 bits per heavy atom. The maximum Gasteiger partial charge on any atom is 0.260 e. The molecule has 0 aliphatic rings. The summed E-state index contributed by atoms with van der Waals surface area (Å²) in [5, 5.41) is 0.700. The van der Waals surface area contributed by atoms with Crippen molar-refractivity contribution in [3.8, 4) is 0 Å². The molecule has 34 heavy (non-hydrogen) atoms. The van der Waals surface area contributed by atoms with Crippen LogP contribution in [0, 0.1) is 13.8 Å². The molecule has 2 heterocycles. The van der Waals surface area contributed by atoms with Crippen LogP contribution in [0.4, 0.5) is 5.13 Å². The van der Waals surface area contributed by atoms with Crippen LogP contribution in [0.3, 0.4) is 0 Å². The topological polar surface area (TPSA) is 46.1 Å². The van der Waals surface area contributed by atoms with Crippen LogP contribution in [0.5, 0.6) is 0 Å². The van der Waals surface area contributed by atoms with E-state index in [4.69, 9.17) is 4.98 Å². The van der Waals surface area contributed by atoms with Crippen LogP contribution in [-0.2, 0) is 13.0 Å². The van der Waals surface area contributed by atoms with Crippen LogP contribution in [0.25, 0.3) is 10.2 Å². The van der Waals surface area contributed by atoms with Gasteiger partial charge in [0.25, 0.3) is 5.91 Å². The number of hydrogen-bond donors (Lipinski definition) is 0. The van der Waals surface area contributed by atoms with Gasteiger partial charge in [0.1, 0.15) is 0 Å². The average molecular weight is 464 g/mol. The lowest BCUT2D eigenvalue weighted by Crippen LogP contribution is -2.30. The number of carbonyl (C=O) groups is 1. The fourth-order valence-corrected chi connectivity index (χ4v) is 5.27. The fraction of sp³-hybridized carbons (Fsp3) is 0.138. The molecule has 5 rings (SSSR count). The van der Waals surface area contributed by atoms with E-state index in [0.29, 0.717) is 17.2 Å². The van der Waals surface area contributed by atoms with Crippen molar-refractivity contribution >= 4 is 32.6 Å². The number of nitrogens with zero attached hydrogens (tertiary/aromatic N) is 3. The number of thiazole rings is 1. The molecule has 0 fully saturated rings. The molecule has 0 atom stereocenters. The van der Waals surface area contributed by atoms with Crippen LogP contribution in [0.2, 0.25) is 0 Å². The largest absolute Gasteiger partial charge is 0.279 e. The molecule has 5 aromatic rings. The summed E-state index contributed by atoms with van der Waals surface area (Å²) in [4.78, 5) is 24.6. The Balaban J connectivity index is 1.47. The molecule has 0 radical (unpaired) electrons. The summed E-state index contributed by atoms with van der Waals surface area (Å²) in [6.07, 6.45) is 4.38. The van der Waals surface area contributed by atoms with E-state index in [1.54, 1.807) is 28.6 Å². The number of fused-ring (bicyclic) bond motifs is 1. The van der Waals surface area contributed by atoms with Crippen molar-refractivity contribution in [1.82, 2.24) is 9.97 Å². The molecule has 5 heteroatoms. The second kappa shape index (κ2) is 9.57. The van der Waals surface area contributed by atoms with Crippen LogP contribution in [0.15, 0.2) is 91.3 Å². The fourth-order valence-electron chi connectivity index (χ4n) is 4.13. The Hall–Kier alpha value is -3.83. The van der Waals surface area contributed by atoms with Crippen LogP contribution in [-0.4, -0.2) is 15.9 Å². The molecule has 168 valence electrons. The van der Waals surface area contributed by atoms with Gasteiger partial charge >= 0.3 is 0 Å². The maximum atomic E-state index is 13.7. The number of aryl methyl sites for hydroxylation is 2. The zero-order valence-electron chi connectivity index (χ0n) is 19.2. The lowest BCUT2D eigenvalue weighted by Gasteiger charge is -2.20. The van der Waals surface area contributed by atoms with Gasteiger partial charge in [0, 0.05) is 18.0 Å². The van der Waals surface area contributed by atoms with Gasteiger partial charge in [-0.25, -0.2) is 4.98 Å². The lowest BCUT2D eigenvalue weighted by atomic mass is 10.0. The molecule has 2 aromatic heterocycles. The Labute approximate surface area is 203 Å². The first-order chi connectivity index (χ1) is 16.6. The molecule has 0 N–H and O–H groups in total. The molecule has 0 aliphatic carbocycles. The molecule has 0 unspecified atom stereocenters. The van der Waals surface area contributed by atoms with Crippen molar-refractivity contribution in [1.29, 1.82) is 0 Å². The van der Waals surface area contributed by atoms with E-state index in [1.165, 1.54) is 16.7 Å². The monoisotopic (exact) mass is 463 g/mol. The number of pyridine rings is 1. The van der Waals surface area contributed by atoms with Gasteiger partial charge in [-0.15, -0.1) is 0 Å². The minimum absolute atomic E-state index is 0.0662. The van der Waals surface area contributed by atoms with Crippen molar-refractivity contribution in [2.45, 2.75) is 26.8 Å². The van der Waals surface area contributed by atoms with Gasteiger partial charge < -0.3 is 0 Å². The number of amides is 1. The van der Waals surface area contributed by atoms with E-state index in [1.807, 2.05) is 54.6 Å². The van der Waals surface area contributed by atoms with E-state index in [0.717, 1.165) is 27.8 Å². The second-order valence-corrected chi connectivity index (χ2v) is 9.55. The molecule has 3 aromatic carbocycles. The molecular weight excluding hydrogens is 438 g/mol. The van der Waals surface area contributed by atoms with Crippen LogP contribution >= 0.6 is 11.3 Å². The minimum Gasteiger partial charge on any atom is -0.279 e. The molecular formula is C29H25N3OS. The van der Waals surface area contributed by atoms with Crippen molar-refractivity contribution in [2.75, 3.05) is 4.90 Å². The molecule has 0 saturated carbocycles. The first-order valence-electron chi connectivity index (χ1n) is 11.3. The lowest BCUT2D eigenvalue weighted by molar-refractivity contribution is 0.0985. The number of hydrogen-bond acceptors (Lipinski definition) is 4. The van der Waals surface area contributed by atoms with Gasteiger partial charge in [-0.1, -0.05) is 65.9 Å². The summed E-state index contributed by atoms with van der Waals surface area (Å²) in [7, 11) is 0. The molecule has 0 spiro atoms. The molecule has 0 aliphatic heterocycles. The zero-order valence-corrected chi connectivity index (χ0v) is 20.0. The smallest absolute Gasteiger partial charge is 0.260 e. The highest BCUT2D eigenvalue weighted by atomic mass is 32.1. The number of benzene rings is 3. The summed E-state index contributed by atoms with van der Waals surface area (Å²) in [5.74, 6) is -0.0662. The van der Waals surface area contributed by atoms with Crippen molar-refractivity contribution in [2.24, 2.45) is 0 Å². The number of carbonyl (C=O) groups excluding carboxylic acids is 1. The second-order valence-electron chi connectivity index (χ2n) is 8.54. The highest BCUT2D eigenvalue weighted by Crippen LogP contribution is 2.33. The predicted molar refractivity (Wildman–Crippen MR) is 140 cm³/mol. The highest BCUT2D eigenvalue weighted by Gasteiger charge is 2.22. The third-order valence-electron chi connectivity index (χ3n) is 5.81. The zero-order chi connectivity index (χ0) is 23.5. The summed E-state index contributed by atoms with van der Waals surface area (Å²) >= 11 is 1.55. The molecule has 0 saturated heterocycles. The number of anilines is 1. The summed E-state index contributed by atoms with van der Waals surface area (Å²) in [6, 6.07) is 26.4. The third kappa shape index (κ3) is 4.75. The normalized spacial score (nSPS) is 11.0. The Morgan fingerprint density at radius 2 is 1.62 bits per heavy atom. The average Bonchev–Trinajstić information content (AvgIpc) is 3.28. The first-order valence-corrected chi connectivity index (χ1v) is 12.1. The van der Waals surface area contributed by atoms with Crippen molar-refractivity contribution in [3.05, 3.63) is 125 Å². The molecule has 4 nitrogen and oxygen atoms in total. The van der Waals surface area contributed by atoms with E-state index in [-0.39, 0.29) is 5.91 Å². The Morgan fingerprint density at radius 1 is 0.882 bits per heavy atom. The summed E-state index contributed by atoms with van der Waals surface area (Å²) in [6.45, 7) is 4.56. The van der Waals surface area contributed by atoms with Gasteiger partial charge in [0.2, 0.25) is 0 Å². The molecule has 1 amide bonds. The van der Waals surface area contributed by atoms with Gasteiger partial charge in [-0.05, 0) is 72.4 Å². The summed E-state index contributed by atoms with van der Waals surface area (Å²) < 4.78 is 1.09. The number of aromatic nitrogens is 2. The van der Waals surface area contributed by atoms with E-state index in [2.05, 4.69) is 43.1 Å². The van der Waals surface area contributed by atoms with Gasteiger partial charge in [-0.2, -0.15) is 0 Å².